The summed E-state index contributed by atoms with van der Waals surface area (Å²) in [6.07, 6.45) is 8.49. The third-order valence-electron chi connectivity index (χ3n) is 5.20. The number of fused-ring (bicyclic) bond motifs is 1. The van der Waals surface area contributed by atoms with E-state index in [1.807, 2.05) is 36.4 Å². The van der Waals surface area contributed by atoms with Gasteiger partial charge in [0.25, 0.3) is 0 Å². The molecule has 0 aromatic heterocycles. The summed E-state index contributed by atoms with van der Waals surface area (Å²) < 4.78 is 0. The molecule has 0 saturated carbocycles. The first-order chi connectivity index (χ1) is 14.4. The van der Waals surface area contributed by atoms with Crippen molar-refractivity contribution >= 4 is 35.2 Å². The second-order valence-corrected chi connectivity index (χ2v) is 8.47. The summed E-state index contributed by atoms with van der Waals surface area (Å²) in [4.78, 5) is 39.8. The monoisotopic (exact) mass is 425 g/mol. The molecule has 6 nitrogen and oxygen atoms in total. The number of nitrogens with one attached hydrogen (secondary N) is 1. The molecule has 0 fully saturated rings. The Morgan fingerprint density at radius 1 is 1.23 bits per heavy atom. The number of nitrogens with zero attached hydrogens (tertiary/aromatic N) is 1. The second-order valence-electron chi connectivity index (χ2n) is 7.23. The SMILES string of the molecule is CCC1=CC=CCC(CC)=C1NC(=O)CN1C(=O)C(CC(N)=O)Sc2ccccc21. The number of allylic oxidation sites excluding steroid dienone is 5. The van der Waals surface area contributed by atoms with Crippen molar-refractivity contribution in [3.05, 3.63) is 59.3 Å². The maximum atomic E-state index is 13.0. The zero-order valence-corrected chi connectivity index (χ0v) is 18.1. The van der Waals surface area contributed by atoms with E-state index in [9.17, 15) is 14.4 Å². The van der Waals surface area contributed by atoms with Crippen molar-refractivity contribution in [1.29, 1.82) is 0 Å². The van der Waals surface area contributed by atoms with Crippen LogP contribution in [-0.2, 0) is 14.4 Å². The van der Waals surface area contributed by atoms with Gasteiger partial charge in [-0.25, -0.2) is 0 Å². The smallest absolute Gasteiger partial charge is 0.244 e. The molecule has 0 saturated heterocycles. The van der Waals surface area contributed by atoms with Gasteiger partial charge >= 0.3 is 0 Å². The summed E-state index contributed by atoms with van der Waals surface area (Å²) in [7, 11) is 0. The number of amides is 3. The molecule has 7 heteroatoms. The Labute approximate surface area is 181 Å². The minimum absolute atomic E-state index is 0.0600. The van der Waals surface area contributed by atoms with Crippen LogP contribution in [0.15, 0.2) is 64.2 Å². The fourth-order valence-corrected chi connectivity index (χ4v) is 4.90. The fourth-order valence-electron chi connectivity index (χ4n) is 3.66. The molecular weight excluding hydrogens is 398 g/mol. The first kappa shape index (κ1) is 21.9. The molecule has 1 aromatic carbocycles. The number of para-hydroxylation sites is 1. The fraction of sp³-hybridized carbons (Fsp3) is 0.348. The van der Waals surface area contributed by atoms with E-state index in [-0.39, 0.29) is 24.8 Å². The number of hydrogen-bond donors (Lipinski definition) is 2. The molecule has 1 aromatic rings. The van der Waals surface area contributed by atoms with E-state index < -0.39 is 11.2 Å². The number of hydrogen-bond acceptors (Lipinski definition) is 4. The number of nitrogens with two attached hydrogens (primary N) is 1. The van der Waals surface area contributed by atoms with Crippen LogP contribution in [0.3, 0.4) is 0 Å². The largest absolute Gasteiger partial charge is 0.370 e. The van der Waals surface area contributed by atoms with Gasteiger partial charge in [0.15, 0.2) is 0 Å². The molecule has 1 heterocycles. The molecule has 2 aliphatic rings. The van der Waals surface area contributed by atoms with Crippen molar-refractivity contribution in [3.63, 3.8) is 0 Å². The number of benzene rings is 1. The number of carbonyl (C=O) groups excluding carboxylic acids is 3. The standard InChI is InChI=1S/C23H27N3O3S/c1-3-15-9-5-6-10-16(4-2)22(15)25-21(28)14-26-17-11-7-8-12-18(17)30-19(23(26)29)13-20(24)27/h5-9,11-12,19H,3-4,10,13-14H2,1-2H3,(H2,24,27)(H,25,28). The molecule has 3 amide bonds. The van der Waals surface area contributed by atoms with Gasteiger partial charge < -0.3 is 16.0 Å². The number of primary amides is 1. The van der Waals surface area contributed by atoms with Crippen LogP contribution >= 0.6 is 11.8 Å². The van der Waals surface area contributed by atoms with E-state index in [1.54, 1.807) is 0 Å². The highest BCUT2D eigenvalue weighted by atomic mass is 32.2. The molecule has 30 heavy (non-hydrogen) atoms. The molecule has 1 aliphatic heterocycles. The minimum Gasteiger partial charge on any atom is -0.370 e. The van der Waals surface area contributed by atoms with Crippen LogP contribution in [0.4, 0.5) is 5.69 Å². The summed E-state index contributed by atoms with van der Waals surface area (Å²) in [5.41, 5.74) is 9.11. The van der Waals surface area contributed by atoms with E-state index in [2.05, 4.69) is 25.2 Å². The van der Waals surface area contributed by atoms with Crippen molar-refractivity contribution in [2.45, 2.75) is 49.7 Å². The van der Waals surface area contributed by atoms with Crippen molar-refractivity contribution in [3.8, 4) is 0 Å². The molecule has 0 bridgehead atoms. The van der Waals surface area contributed by atoms with Gasteiger partial charge in [0, 0.05) is 17.0 Å². The van der Waals surface area contributed by atoms with Crippen molar-refractivity contribution in [1.82, 2.24) is 5.32 Å². The predicted octanol–water partition coefficient (Wildman–Crippen LogP) is 3.45. The quantitative estimate of drug-likeness (QED) is 0.700. The molecule has 1 unspecified atom stereocenters. The van der Waals surface area contributed by atoms with Crippen molar-refractivity contribution in [2.24, 2.45) is 5.73 Å². The van der Waals surface area contributed by atoms with Gasteiger partial charge in [0.05, 0.1) is 10.9 Å². The summed E-state index contributed by atoms with van der Waals surface area (Å²) in [5.74, 6) is -1.07. The number of rotatable bonds is 7. The van der Waals surface area contributed by atoms with Gasteiger partial charge in [0.2, 0.25) is 17.7 Å². The lowest BCUT2D eigenvalue weighted by molar-refractivity contribution is -0.124. The highest BCUT2D eigenvalue weighted by Gasteiger charge is 2.35. The van der Waals surface area contributed by atoms with Gasteiger partial charge in [0.1, 0.15) is 6.54 Å². The third-order valence-corrected chi connectivity index (χ3v) is 6.45. The maximum absolute atomic E-state index is 13.0. The van der Waals surface area contributed by atoms with Crippen LogP contribution < -0.4 is 16.0 Å². The first-order valence-electron chi connectivity index (χ1n) is 10.2. The van der Waals surface area contributed by atoms with Crippen molar-refractivity contribution < 1.29 is 14.4 Å². The van der Waals surface area contributed by atoms with E-state index in [1.165, 1.54) is 16.7 Å². The van der Waals surface area contributed by atoms with Gasteiger partial charge in [-0.2, -0.15) is 0 Å². The summed E-state index contributed by atoms with van der Waals surface area (Å²) >= 11 is 1.32. The maximum Gasteiger partial charge on any atom is 0.244 e. The zero-order chi connectivity index (χ0) is 21.7. The highest BCUT2D eigenvalue weighted by molar-refractivity contribution is 8.01. The summed E-state index contributed by atoms with van der Waals surface area (Å²) in [5, 5.41) is 2.43. The topological polar surface area (TPSA) is 92.5 Å². The van der Waals surface area contributed by atoms with Crippen LogP contribution in [0, 0.1) is 0 Å². The molecule has 0 radical (unpaired) electrons. The summed E-state index contributed by atoms with van der Waals surface area (Å²) in [6, 6.07) is 7.41. The lowest BCUT2D eigenvalue weighted by atomic mass is 10.0. The first-order valence-corrected chi connectivity index (χ1v) is 11.1. The minimum atomic E-state index is -0.621. The highest BCUT2D eigenvalue weighted by Crippen LogP contribution is 2.40. The van der Waals surface area contributed by atoms with Crippen LogP contribution in [0.1, 0.15) is 39.5 Å². The average molecular weight is 426 g/mol. The number of anilines is 1. The van der Waals surface area contributed by atoms with Crippen LogP contribution in [0.2, 0.25) is 0 Å². The van der Waals surface area contributed by atoms with Gasteiger partial charge in [-0.05, 0) is 42.5 Å². The second kappa shape index (κ2) is 9.80. The molecule has 3 N–H and O–H groups in total. The molecule has 3 rings (SSSR count). The van der Waals surface area contributed by atoms with Gasteiger partial charge in [-0.3, -0.25) is 14.4 Å². The van der Waals surface area contributed by atoms with Gasteiger partial charge in [-0.1, -0.05) is 44.2 Å². The Bertz CT molecular complexity index is 949. The van der Waals surface area contributed by atoms with E-state index >= 15 is 0 Å². The Balaban J connectivity index is 1.85. The molecule has 1 atom stereocenters. The lowest BCUT2D eigenvalue weighted by Gasteiger charge is -2.33. The average Bonchev–Trinajstić information content (AvgIpc) is 2.92. The number of thioether (sulfide) groups is 1. The lowest BCUT2D eigenvalue weighted by Crippen LogP contribution is -2.47. The Morgan fingerprint density at radius 2 is 2.00 bits per heavy atom. The molecule has 158 valence electrons. The van der Waals surface area contributed by atoms with E-state index in [0.29, 0.717) is 5.69 Å². The molecular formula is C23H27N3O3S. The van der Waals surface area contributed by atoms with E-state index in [4.69, 9.17) is 5.73 Å². The molecule has 1 aliphatic carbocycles. The number of carbonyl (C=O) groups is 3. The summed E-state index contributed by atoms with van der Waals surface area (Å²) in [6.45, 7) is 4.01. The Kier molecular flexibility index (Phi) is 7.15. The Morgan fingerprint density at radius 3 is 2.70 bits per heavy atom. The Hall–Kier alpha value is -2.80. The normalized spacial score (nSPS) is 18.6. The predicted molar refractivity (Wildman–Crippen MR) is 120 cm³/mol. The zero-order valence-electron chi connectivity index (χ0n) is 17.3. The molecule has 0 spiro atoms. The van der Waals surface area contributed by atoms with Crippen LogP contribution in [0.5, 0.6) is 0 Å². The van der Waals surface area contributed by atoms with E-state index in [0.717, 1.165) is 41.0 Å². The van der Waals surface area contributed by atoms with Crippen LogP contribution in [-0.4, -0.2) is 29.5 Å². The van der Waals surface area contributed by atoms with Gasteiger partial charge in [-0.15, -0.1) is 11.8 Å². The van der Waals surface area contributed by atoms with Crippen LogP contribution in [0.25, 0.3) is 0 Å². The van der Waals surface area contributed by atoms with Crippen molar-refractivity contribution in [2.75, 3.05) is 11.4 Å². The third kappa shape index (κ3) is 4.84.